The Balaban J connectivity index is 2.31. The highest BCUT2D eigenvalue weighted by molar-refractivity contribution is 7.92. The number of carbonyl (C=O) groups excluding carboxylic acids is 1. The number of ether oxygens (including phenoxy) is 1. The van der Waals surface area contributed by atoms with Gasteiger partial charge in [-0.05, 0) is 37.1 Å². The maximum Gasteiger partial charge on any atom is 0.244 e. The Morgan fingerprint density at radius 1 is 1.21 bits per heavy atom. The van der Waals surface area contributed by atoms with Crippen molar-refractivity contribution in [1.82, 2.24) is 5.32 Å². The van der Waals surface area contributed by atoms with Gasteiger partial charge in [0.2, 0.25) is 15.9 Å². The van der Waals surface area contributed by atoms with E-state index in [0.717, 1.165) is 16.1 Å². The van der Waals surface area contributed by atoms with E-state index >= 15 is 0 Å². The molecule has 152 valence electrons. The molecule has 0 unspecified atom stereocenters. The lowest BCUT2D eigenvalue weighted by molar-refractivity contribution is -0.122. The fraction of sp³-hybridized carbons (Fsp3) is 0.350. The summed E-state index contributed by atoms with van der Waals surface area (Å²) in [7, 11) is -2.26. The number of hydrogen-bond acceptors (Lipinski definition) is 4. The second kappa shape index (κ2) is 9.30. The first kappa shape index (κ1) is 22.0. The third-order valence-electron chi connectivity index (χ3n) is 4.41. The van der Waals surface area contributed by atoms with Crippen LogP contribution >= 0.6 is 11.6 Å². The van der Waals surface area contributed by atoms with E-state index in [1.165, 1.54) is 13.2 Å². The highest BCUT2D eigenvalue weighted by Crippen LogP contribution is 2.31. The lowest BCUT2D eigenvalue weighted by Crippen LogP contribution is -2.48. The molecular formula is C20H25ClN2O4S. The van der Waals surface area contributed by atoms with Gasteiger partial charge < -0.3 is 10.1 Å². The molecule has 2 atom stereocenters. The van der Waals surface area contributed by atoms with Crippen LogP contribution in [0.15, 0.2) is 48.5 Å². The molecule has 0 aromatic heterocycles. The average Bonchev–Trinajstić information content (AvgIpc) is 2.65. The molecule has 0 aliphatic carbocycles. The van der Waals surface area contributed by atoms with Gasteiger partial charge in [0.05, 0.1) is 30.1 Å². The number of sulfonamides is 1. The third-order valence-corrected chi connectivity index (χ3v) is 5.94. The lowest BCUT2D eigenvalue weighted by atomic mass is 10.0. The van der Waals surface area contributed by atoms with Crippen LogP contribution in [-0.2, 0) is 14.8 Å². The smallest absolute Gasteiger partial charge is 0.244 e. The van der Waals surface area contributed by atoms with Crippen molar-refractivity contribution in [3.05, 3.63) is 59.1 Å². The largest absolute Gasteiger partial charge is 0.495 e. The first-order valence-electron chi connectivity index (χ1n) is 8.87. The minimum atomic E-state index is -3.73. The number of methoxy groups -OCH3 is 1. The van der Waals surface area contributed by atoms with Crippen LogP contribution in [-0.4, -0.2) is 33.7 Å². The van der Waals surface area contributed by atoms with Gasteiger partial charge in [0, 0.05) is 0 Å². The summed E-state index contributed by atoms with van der Waals surface area (Å²) >= 11 is 6.15. The van der Waals surface area contributed by atoms with E-state index in [-0.39, 0.29) is 11.1 Å². The summed E-state index contributed by atoms with van der Waals surface area (Å²) in [6.07, 6.45) is 1.74. The van der Waals surface area contributed by atoms with Crippen LogP contribution in [0.1, 0.15) is 31.9 Å². The molecule has 6 nitrogen and oxygen atoms in total. The van der Waals surface area contributed by atoms with Crippen molar-refractivity contribution >= 4 is 33.2 Å². The molecule has 0 radical (unpaired) electrons. The van der Waals surface area contributed by atoms with Gasteiger partial charge in [0.25, 0.3) is 0 Å². The molecule has 0 aliphatic rings. The molecule has 2 aromatic rings. The highest BCUT2D eigenvalue weighted by Gasteiger charge is 2.30. The topological polar surface area (TPSA) is 75.7 Å². The van der Waals surface area contributed by atoms with Crippen molar-refractivity contribution in [2.24, 2.45) is 0 Å². The number of nitrogens with zero attached hydrogens (tertiary/aromatic N) is 1. The molecule has 0 bridgehead atoms. The minimum Gasteiger partial charge on any atom is -0.495 e. The van der Waals surface area contributed by atoms with Gasteiger partial charge in [-0.15, -0.1) is 0 Å². The van der Waals surface area contributed by atoms with E-state index in [9.17, 15) is 13.2 Å². The zero-order valence-electron chi connectivity index (χ0n) is 16.3. The quantitative estimate of drug-likeness (QED) is 0.699. The Labute approximate surface area is 171 Å². The first-order valence-corrected chi connectivity index (χ1v) is 11.1. The van der Waals surface area contributed by atoms with Gasteiger partial charge in [-0.1, -0.05) is 48.9 Å². The van der Waals surface area contributed by atoms with Crippen LogP contribution in [0.4, 0.5) is 5.69 Å². The van der Waals surface area contributed by atoms with Crippen LogP contribution in [0, 0.1) is 0 Å². The van der Waals surface area contributed by atoms with E-state index in [2.05, 4.69) is 5.32 Å². The second-order valence-corrected chi connectivity index (χ2v) is 8.70. The molecule has 2 rings (SSSR count). The molecule has 0 saturated heterocycles. The Hall–Kier alpha value is -2.25. The Bertz CT molecular complexity index is 919. The Morgan fingerprint density at radius 3 is 2.36 bits per heavy atom. The number of benzene rings is 2. The fourth-order valence-electron chi connectivity index (χ4n) is 3.00. The van der Waals surface area contributed by atoms with Crippen molar-refractivity contribution in [1.29, 1.82) is 0 Å². The van der Waals surface area contributed by atoms with Gasteiger partial charge in [0.1, 0.15) is 11.8 Å². The molecular weight excluding hydrogens is 400 g/mol. The highest BCUT2D eigenvalue weighted by atomic mass is 35.5. The fourth-order valence-corrected chi connectivity index (χ4v) is 4.42. The number of rotatable bonds is 8. The normalized spacial score (nSPS) is 13.5. The lowest BCUT2D eigenvalue weighted by Gasteiger charge is -2.30. The zero-order chi connectivity index (χ0) is 20.9. The minimum absolute atomic E-state index is 0.211. The van der Waals surface area contributed by atoms with Crippen LogP contribution in [0.5, 0.6) is 5.75 Å². The van der Waals surface area contributed by atoms with Crippen molar-refractivity contribution in [2.75, 3.05) is 17.7 Å². The van der Waals surface area contributed by atoms with Gasteiger partial charge in [-0.25, -0.2) is 8.42 Å². The number of hydrogen-bond donors (Lipinski definition) is 1. The molecule has 0 heterocycles. The standard InChI is InChI=1S/C20H25ClN2O4S/c1-5-18(15-9-7-6-8-10-15)22-20(24)14(2)23(28(4,25)26)16-11-12-19(27-3)17(21)13-16/h6-14,18H,5H2,1-4H3,(H,22,24)/t14-,18-/m0/s1. The van der Waals surface area contributed by atoms with Gasteiger partial charge in [-0.2, -0.15) is 0 Å². The maximum absolute atomic E-state index is 12.9. The number of halogens is 1. The molecule has 0 saturated carbocycles. The zero-order valence-corrected chi connectivity index (χ0v) is 17.9. The SMILES string of the molecule is CC[C@H](NC(=O)[C@H](C)N(c1ccc(OC)c(Cl)c1)S(C)(=O)=O)c1ccccc1. The first-order chi connectivity index (χ1) is 13.2. The van der Waals surface area contributed by atoms with Crippen LogP contribution in [0.2, 0.25) is 5.02 Å². The predicted octanol–water partition coefficient (Wildman–Crippen LogP) is 3.77. The van der Waals surface area contributed by atoms with Gasteiger partial charge in [0.15, 0.2) is 0 Å². The molecule has 0 spiro atoms. The molecule has 1 N–H and O–H groups in total. The Kier molecular flexibility index (Phi) is 7.32. The van der Waals surface area contributed by atoms with E-state index in [1.807, 2.05) is 37.3 Å². The molecule has 0 fully saturated rings. The monoisotopic (exact) mass is 424 g/mol. The van der Waals surface area contributed by atoms with Crippen LogP contribution in [0.3, 0.4) is 0 Å². The van der Waals surface area contributed by atoms with E-state index in [1.54, 1.807) is 19.1 Å². The van der Waals surface area contributed by atoms with E-state index in [0.29, 0.717) is 17.9 Å². The van der Waals surface area contributed by atoms with E-state index < -0.39 is 22.0 Å². The van der Waals surface area contributed by atoms with Crippen molar-refractivity contribution < 1.29 is 17.9 Å². The summed E-state index contributed by atoms with van der Waals surface area (Å²) in [4.78, 5) is 12.9. The van der Waals surface area contributed by atoms with Crippen molar-refractivity contribution in [3.63, 3.8) is 0 Å². The third kappa shape index (κ3) is 5.17. The average molecular weight is 425 g/mol. The van der Waals surface area contributed by atoms with Crippen molar-refractivity contribution in [2.45, 2.75) is 32.4 Å². The second-order valence-electron chi connectivity index (χ2n) is 6.43. The maximum atomic E-state index is 12.9. The van der Waals surface area contributed by atoms with Gasteiger partial charge in [-0.3, -0.25) is 9.10 Å². The molecule has 2 aromatic carbocycles. The predicted molar refractivity (Wildman–Crippen MR) is 112 cm³/mol. The molecule has 8 heteroatoms. The molecule has 1 amide bonds. The molecule has 0 aliphatic heterocycles. The van der Waals surface area contributed by atoms with E-state index in [4.69, 9.17) is 16.3 Å². The molecule has 28 heavy (non-hydrogen) atoms. The number of nitrogens with one attached hydrogen (secondary N) is 1. The number of amides is 1. The summed E-state index contributed by atoms with van der Waals surface area (Å²) in [5, 5.41) is 3.20. The Morgan fingerprint density at radius 2 is 1.86 bits per heavy atom. The van der Waals surface area contributed by atoms with Crippen molar-refractivity contribution in [3.8, 4) is 5.75 Å². The number of anilines is 1. The number of carbonyl (C=O) groups is 1. The summed E-state index contributed by atoms with van der Waals surface area (Å²) in [5.74, 6) is 0.0270. The summed E-state index contributed by atoms with van der Waals surface area (Å²) in [6, 6.07) is 13.0. The summed E-state index contributed by atoms with van der Waals surface area (Å²) in [5.41, 5.74) is 1.26. The summed E-state index contributed by atoms with van der Waals surface area (Å²) < 4.78 is 31.1. The van der Waals surface area contributed by atoms with Crippen LogP contribution in [0.25, 0.3) is 0 Å². The van der Waals surface area contributed by atoms with Crippen LogP contribution < -0.4 is 14.4 Å². The van der Waals surface area contributed by atoms with Gasteiger partial charge >= 0.3 is 0 Å². The summed E-state index contributed by atoms with van der Waals surface area (Å²) in [6.45, 7) is 3.51.